The highest BCUT2D eigenvalue weighted by Gasteiger charge is 2.16. The summed E-state index contributed by atoms with van der Waals surface area (Å²) in [6, 6.07) is 6.31. The van der Waals surface area contributed by atoms with Crippen LogP contribution < -0.4 is 4.74 Å². The summed E-state index contributed by atoms with van der Waals surface area (Å²) in [5.41, 5.74) is -0.255. The topological polar surface area (TPSA) is 52.4 Å². The number of nitro groups is 1. The lowest BCUT2D eigenvalue weighted by Gasteiger charge is -2.09. The van der Waals surface area contributed by atoms with Crippen molar-refractivity contribution < 1.29 is 14.1 Å². The first-order chi connectivity index (χ1) is 9.38. The average molecular weight is 381 g/mol. The Morgan fingerprint density at radius 1 is 1.20 bits per heavy atom. The Labute approximate surface area is 131 Å². The van der Waals surface area contributed by atoms with Crippen molar-refractivity contribution >= 4 is 44.8 Å². The van der Waals surface area contributed by atoms with Crippen LogP contribution in [0.25, 0.3) is 0 Å². The third-order valence-electron chi connectivity index (χ3n) is 2.30. The SMILES string of the molecule is O=[N+]([O-])c1cc(Cl)c(Oc2ccc(Br)c(F)c2)c(Cl)c1. The molecule has 2 rings (SSSR count). The van der Waals surface area contributed by atoms with Crippen molar-refractivity contribution in [2.45, 2.75) is 0 Å². The van der Waals surface area contributed by atoms with E-state index in [1.807, 2.05) is 0 Å². The molecule has 4 nitrogen and oxygen atoms in total. The van der Waals surface area contributed by atoms with E-state index in [4.69, 9.17) is 27.9 Å². The molecule has 104 valence electrons. The first kappa shape index (κ1) is 15.0. The molecule has 0 saturated heterocycles. The molecule has 0 atom stereocenters. The minimum absolute atomic E-state index is 0.0284. The zero-order chi connectivity index (χ0) is 14.9. The molecule has 0 fully saturated rings. The highest BCUT2D eigenvalue weighted by molar-refractivity contribution is 9.10. The molecule has 0 N–H and O–H groups in total. The van der Waals surface area contributed by atoms with E-state index in [0.717, 1.165) is 18.2 Å². The van der Waals surface area contributed by atoms with E-state index in [2.05, 4.69) is 15.9 Å². The number of nitrogens with zero attached hydrogens (tertiary/aromatic N) is 1. The second-order valence-corrected chi connectivity index (χ2v) is 5.34. The molecule has 0 aliphatic heterocycles. The minimum Gasteiger partial charge on any atom is -0.454 e. The maximum absolute atomic E-state index is 13.4. The Hall–Kier alpha value is -1.37. The Bertz CT molecular complexity index is 673. The summed E-state index contributed by atoms with van der Waals surface area (Å²) in [6.07, 6.45) is 0. The number of hydrogen-bond donors (Lipinski definition) is 0. The van der Waals surface area contributed by atoms with E-state index in [0.29, 0.717) is 0 Å². The minimum atomic E-state index is -0.624. The summed E-state index contributed by atoms with van der Waals surface area (Å²) < 4.78 is 19.0. The van der Waals surface area contributed by atoms with Crippen LogP contribution in [-0.2, 0) is 0 Å². The van der Waals surface area contributed by atoms with Crippen molar-refractivity contribution in [1.82, 2.24) is 0 Å². The van der Waals surface area contributed by atoms with Gasteiger partial charge in [0.15, 0.2) is 5.75 Å². The number of hydrogen-bond acceptors (Lipinski definition) is 3. The van der Waals surface area contributed by atoms with Crippen LogP contribution in [0.3, 0.4) is 0 Å². The van der Waals surface area contributed by atoms with Crippen molar-refractivity contribution in [1.29, 1.82) is 0 Å². The van der Waals surface area contributed by atoms with Crippen LogP contribution in [0.2, 0.25) is 10.0 Å². The van der Waals surface area contributed by atoms with E-state index in [9.17, 15) is 14.5 Å². The average Bonchev–Trinajstić information content (AvgIpc) is 2.37. The highest BCUT2D eigenvalue weighted by Crippen LogP contribution is 2.39. The van der Waals surface area contributed by atoms with Gasteiger partial charge in [-0.25, -0.2) is 4.39 Å². The highest BCUT2D eigenvalue weighted by atomic mass is 79.9. The van der Waals surface area contributed by atoms with Gasteiger partial charge < -0.3 is 4.74 Å². The van der Waals surface area contributed by atoms with Gasteiger partial charge in [0, 0.05) is 18.2 Å². The molecule has 0 heterocycles. The number of non-ortho nitro benzene ring substituents is 1. The number of halogens is 4. The Balaban J connectivity index is 2.38. The first-order valence-electron chi connectivity index (χ1n) is 5.15. The lowest BCUT2D eigenvalue weighted by Crippen LogP contribution is -1.92. The molecule has 0 aliphatic carbocycles. The third kappa shape index (κ3) is 3.20. The molecule has 0 radical (unpaired) electrons. The van der Waals surface area contributed by atoms with E-state index in [1.165, 1.54) is 12.1 Å². The first-order valence-corrected chi connectivity index (χ1v) is 6.69. The molecule has 0 aromatic heterocycles. The van der Waals surface area contributed by atoms with Crippen LogP contribution in [0.4, 0.5) is 10.1 Å². The van der Waals surface area contributed by atoms with Crippen LogP contribution in [0.1, 0.15) is 0 Å². The second kappa shape index (κ2) is 5.95. The van der Waals surface area contributed by atoms with Gasteiger partial charge in [-0.1, -0.05) is 23.2 Å². The van der Waals surface area contributed by atoms with Crippen LogP contribution in [0, 0.1) is 15.9 Å². The van der Waals surface area contributed by atoms with Gasteiger partial charge in [0.25, 0.3) is 5.69 Å². The molecule has 0 bridgehead atoms. The fourth-order valence-corrected chi connectivity index (χ4v) is 2.21. The van der Waals surface area contributed by atoms with Crippen LogP contribution in [-0.4, -0.2) is 4.92 Å². The molecule has 0 aliphatic rings. The van der Waals surface area contributed by atoms with Gasteiger partial charge in [0.2, 0.25) is 0 Å². The quantitative estimate of drug-likeness (QED) is 0.514. The van der Waals surface area contributed by atoms with Crippen molar-refractivity contribution in [2.24, 2.45) is 0 Å². The maximum atomic E-state index is 13.4. The molecule has 0 amide bonds. The smallest absolute Gasteiger partial charge is 0.272 e. The number of ether oxygens (including phenoxy) is 1. The van der Waals surface area contributed by atoms with E-state index in [1.54, 1.807) is 0 Å². The Morgan fingerprint density at radius 3 is 2.30 bits per heavy atom. The van der Waals surface area contributed by atoms with Crippen LogP contribution in [0.15, 0.2) is 34.8 Å². The van der Waals surface area contributed by atoms with Gasteiger partial charge in [0.1, 0.15) is 11.6 Å². The van der Waals surface area contributed by atoms with Gasteiger partial charge in [-0.15, -0.1) is 0 Å². The number of nitro benzene ring substituents is 1. The van der Waals surface area contributed by atoms with Gasteiger partial charge >= 0.3 is 0 Å². The maximum Gasteiger partial charge on any atom is 0.272 e. The summed E-state index contributed by atoms with van der Waals surface area (Å²) in [6.45, 7) is 0. The summed E-state index contributed by atoms with van der Waals surface area (Å²) in [4.78, 5) is 10.0. The van der Waals surface area contributed by atoms with Crippen molar-refractivity contribution in [3.63, 3.8) is 0 Å². The molecule has 0 unspecified atom stereocenters. The monoisotopic (exact) mass is 379 g/mol. The van der Waals surface area contributed by atoms with Crippen molar-refractivity contribution in [2.75, 3.05) is 0 Å². The molecule has 0 saturated carbocycles. The van der Waals surface area contributed by atoms with Crippen LogP contribution in [0.5, 0.6) is 11.5 Å². The van der Waals surface area contributed by atoms with Crippen molar-refractivity contribution in [3.8, 4) is 11.5 Å². The number of benzene rings is 2. The third-order valence-corrected chi connectivity index (χ3v) is 3.51. The standard InChI is InChI=1S/C12H5BrCl2FNO3/c13-8-2-1-7(5-11(8)16)20-12-9(14)3-6(17(18)19)4-10(12)15/h1-5H. The lowest BCUT2D eigenvalue weighted by molar-refractivity contribution is -0.384. The van der Waals surface area contributed by atoms with E-state index >= 15 is 0 Å². The summed E-state index contributed by atoms with van der Waals surface area (Å²) in [5, 5.41) is 10.6. The fraction of sp³-hybridized carbons (Fsp3) is 0. The predicted molar refractivity (Wildman–Crippen MR) is 77.3 cm³/mol. The Kier molecular flexibility index (Phi) is 4.47. The predicted octanol–water partition coefficient (Wildman–Crippen LogP) is 5.60. The summed E-state index contributed by atoms with van der Waals surface area (Å²) in [5.74, 6) is -0.319. The molecule has 0 spiro atoms. The van der Waals surface area contributed by atoms with Crippen molar-refractivity contribution in [3.05, 3.63) is 60.8 Å². The normalized spacial score (nSPS) is 10.4. The lowest BCUT2D eigenvalue weighted by atomic mass is 10.3. The molecule has 2 aromatic carbocycles. The zero-order valence-electron chi connectivity index (χ0n) is 9.57. The molecular weight excluding hydrogens is 376 g/mol. The van der Waals surface area contributed by atoms with Crippen LogP contribution >= 0.6 is 39.1 Å². The zero-order valence-corrected chi connectivity index (χ0v) is 12.7. The summed E-state index contributed by atoms with van der Waals surface area (Å²) in [7, 11) is 0. The van der Waals surface area contributed by atoms with Gasteiger partial charge in [-0.05, 0) is 28.1 Å². The second-order valence-electron chi connectivity index (χ2n) is 3.67. The molecule has 2 aromatic rings. The Morgan fingerprint density at radius 2 is 1.80 bits per heavy atom. The number of rotatable bonds is 3. The van der Waals surface area contributed by atoms with Gasteiger partial charge in [-0.2, -0.15) is 0 Å². The molecule has 20 heavy (non-hydrogen) atoms. The van der Waals surface area contributed by atoms with Gasteiger partial charge in [0.05, 0.1) is 19.4 Å². The largest absolute Gasteiger partial charge is 0.454 e. The summed E-state index contributed by atoms with van der Waals surface area (Å²) >= 11 is 14.8. The van der Waals surface area contributed by atoms with E-state index in [-0.39, 0.29) is 31.7 Å². The molecule has 8 heteroatoms. The van der Waals surface area contributed by atoms with Gasteiger partial charge in [-0.3, -0.25) is 10.1 Å². The van der Waals surface area contributed by atoms with E-state index < -0.39 is 10.7 Å². The fourth-order valence-electron chi connectivity index (χ4n) is 1.41. The molecular formula is C12H5BrCl2FNO3.